The number of esters is 1. The molecule has 0 spiro atoms. The number of fused-ring (bicyclic) bond motifs is 1. The first-order chi connectivity index (χ1) is 16.0. The molecule has 0 aromatic rings. The Balaban J connectivity index is 1.69. The summed E-state index contributed by atoms with van der Waals surface area (Å²) >= 11 is 3.18. The lowest BCUT2D eigenvalue weighted by atomic mass is 9.60. The quantitative estimate of drug-likeness (QED) is 0.273. The highest BCUT2D eigenvalue weighted by Gasteiger charge is 2.50. The summed E-state index contributed by atoms with van der Waals surface area (Å²) in [4.78, 5) is 24.0. The molecular weight excluding hydrogens is 492 g/mol. The number of ketones is 1. The van der Waals surface area contributed by atoms with Gasteiger partial charge in [-0.3, -0.25) is 9.59 Å². The van der Waals surface area contributed by atoms with Gasteiger partial charge in [0.15, 0.2) is 5.78 Å². The number of allylic oxidation sites excluding steroid dienone is 4. The summed E-state index contributed by atoms with van der Waals surface area (Å²) in [5, 5.41) is 10.2. The maximum atomic E-state index is 12.3. The number of hydrogen-bond acceptors (Lipinski definition) is 4. The molecule has 3 rings (SSSR count). The van der Waals surface area contributed by atoms with E-state index in [1.807, 2.05) is 0 Å². The van der Waals surface area contributed by atoms with Crippen LogP contribution in [0.2, 0.25) is 0 Å². The SMILES string of the molecule is C=C1CC[C@H](OC(=O)CBr)C/C1=C/C=C1\CCC[C@@]2(C)C1CC[C@@H]2[C@H](C)CCC(=O)C(C)(C)O. The molecule has 3 fully saturated rings. The topological polar surface area (TPSA) is 63.6 Å². The van der Waals surface area contributed by atoms with Gasteiger partial charge in [0.25, 0.3) is 0 Å². The third-order valence-corrected chi connectivity index (χ3v) is 9.27. The van der Waals surface area contributed by atoms with Gasteiger partial charge in [-0.1, -0.05) is 59.7 Å². The molecule has 5 heteroatoms. The van der Waals surface area contributed by atoms with Gasteiger partial charge in [0.2, 0.25) is 0 Å². The third-order valence-electron chi connectivity index (χ3n) is 8.81. The van der Waals surface area contributed by atoms with E-state index in [2.05, 4.69) is 48.5 Å². The maximum Gasteiger partial charge on any atom is 0.316 e. The van der Waals surface area contributed by atoms with Crippen LogP contribution in [0.15, 0.2) is 35.5 Å². The fourth-order valence-corrected chi connectivity index (χ4v) is 6.91. The minimum Gasteiger partial charge on any atom is -0.461 e. The molecule has 0 aromatic carbocycles. The normalized spacial score (nSPS) is 33.1. The molecule has 0 amide bonds. The van der Waals surface area contributed by atoms with Crippen LogP contribution in [-0.2, 0) is 14.3 Å². The first kappa shape index (κ1) is 27.4. The molecule has 3 saturated carbocycles. The molecule has 5 atom stereocenters. The van der Waals surface area contributed by atoms with E-state index in [-0.39, 0.29) is 28.6 Å². The summed E-state index contributed by atoms with van der Waals surface area (Å²) in [6.45, 7) is 12.2. The van der Waals surface area contributed by atoms with Gasteiger partial charge in [0, 0.05) is 12.8 Å². The number of aliphatic hydroxyl groups is 1. The Bertz CT molecular complexity index is 849. The number of Topliss-reactive ketones (excluding diaryl/α,β-unsaturated/α-hetero) is 1. The molecule has 3 aliphatic carbocycles. The van der Waals surface area contributed by atoms with E-state index >= 15 is 0 Å². The van der Waals surface area contributed by atoms with Crippen LogP contribution in [0.1, 0.15) is 91.9 Å². The fraction of sp³-hybridized carbons (Fsp3) is 0.724. The summed E-state index contributed by atoms with van der Waals surface area (Å²) in [6.07, 6.45) is 14.4. The van der Waals surface area contributed by atoms with Crippen molar-refractivity contribution in [3.8, 4) is 0 Å². The third kappa shape index (κ3) is 6.32. The lowest BCUT2D eigenvalue weighted by Crippen LogP contribution is -2.36. The van der Waals surface area contributed by atoms with Crippen LogP contribution in [0, 0.1) is 23.2 Å². The molecule has 0 saturated heterocycles. The average molecular weight is 536 g/mol. The molecule has 0 aromatic heterocycles. The molecule has 4 nitrogen and oxygen atoms in total. The second kappa shape index (κ2) is 11.2. The van der Waals surface area contributed by atoms with E-state index in [1.54, 1.807) is 19.4 Å². The Labute approximate surface area is 214 Å². The standard InChI is InChI=1S/C29H43BrO4/c1-19-8-12-23(34-27(32)18-30)17-22(19)11-10-21-7-6-16-29(5)24(13-14-25(21)29)20(2)9-15-26(31)28(3,4)33/h10-11,20,23-25,33H,1,6-9,12-18H2,2-5H3/b21-10+,22-11-/t20-,23+,24-,25?,29-/m1/s1. The Morgan fingerprint density at radius 1 is 1.26 bits per heavy atom. The van der Waals surface area contributed by atoms with Crippen molar-refractivity contribution >= 4 is 27.7 Å². The summed E-state index contributed by atoms with van der Waals surface area (Å²) in [7, 11) is 0. The van der Waals surface area contributed by atoms with Gasteiger partial charge < -0.3 is 9.84 Å². The van der Waals surface area contributed by atoms with Crippen molar-refractivity contribution in [3.63, 3.8) is 0 Å². The maximum absolute atomic E-state index is 12.3. The molecule has 3 aliphatic rings. The zero-order chi connectivity index (χ0) is 25.1. The Hall–Kier alpha value is -1.20. The molecular formula is C29H43BrO4. The van der Waals surface area contributed by atoms with Crippen molar-refractivity contribution in [3.05, 3.63) is 35.5 Å². The van der Waals surface area contributed by atoms with E-state index in [0.29, 0.717) is 24.2 Å². The van der Waals surface area contributed by atoms with Gasteiger partial charge in [-0.2, -0.15) is 0 Å². The Kier molecular flexibility index (Phi) is 9.06. The summed E-state index contributed by atoms with van der Waals surface area (Å²) in [5.74, 6) is 1.42. The Morgan fingerprint density at radius 3 is 2.68 bits per heavy atom. The second-order valence-corrected chi connectivity index (χ2v) is 12.2. The second-order valence-electron chi connectivity index (χ2n) is 11.6. The molecule has 1 unspecified atom stereocenters. The van der Waals surface area contributed by atoms with Gasteiger partial charge in [0.05, 0.1) is 0 Å². The largest absolute Gasteiger partial charge is 0.461 e. The van der Waals surface area contributed by atoms with Gasteiger partial charge in [-0.25, -0.2) is 0 Å². The Morgan fingerprint density at radius 2 is 2.00 bits per heavy atom. The van der Waals surface area contributed by atoms with Crippen LogP contribution in [0.4, 0.5) is 0 Å². The van der Waals surface area contributed by atoms with Crippen LogP contribution < -0.4 is 0 Å². The van der Waals surface area contributed by atoms with Crippen LogP contribution in [-0.4, -0.2) is 33.9 Å². The average Bonchev–Trinajstić information content (AvgIpc) is 3.14. The highest BCUT2D eigenvalue weighted by molar-refractivity contribution is 9.09. The summed E-state index contributed by atoms with van der Waals surface area (Å²) in [6, 6.07) is 0. The first-order valence-corrected chi connectivity index (χ1v) is 14.2. The van der Waals surface area contributed by atoms with Gasteiger partial charge >= 0.3 is 5.97 Å². The van der Waals surface area contributed by atoms with Crippen molar-refractivity contribution in [2.24, 2.45) is 23.2 Å². The smallest absolute Gasteiger partial charge is 0.316 e. The van der Waals surface area contributed by atoms with Crippen molar-refractivity contribution < 1.29 is 19.4 Å². The predicted octanol–water partition coefficient (Wildman–Crippen LogP) is 6.86. The van der Waals surface area contributed by atoms with Gasteiger partial charge in [-0.05, 0) is 94.0 Å². The highest BCUT2D eigenvalue weighted by Crippen LogP contribution is 2.59. The molecule has 0 heterocycles. The van der Waals surface area contributed by atoms with Crippen molar-refractivity contribution in [1.82, 2.24) is 0 Å². The van der Waals surface area contributed by atoms with E-state index in [0.717, 1.165) is 37.7 Å². The van der Waals surface area contributed by atoms with Gasteiger partial charge in [0.1, 0.15) is 17.0 Å². The number of ether oxygens (including phenoxy) is 1. The van der Waals surface area contributed by atoms with E-state index in [9.17, 15) is 14.7 Å². The monoisotopic (exact) mass is 534 g/mol. The highest BCUT2D eigenvalue weighted by atomic mass is 79.9. The first-order valence-electron chi connectivity index (χ1n) is 13.0. The fourth-order valence-electron chi connectivity index (χ4n) is 6.78. The number of carbonyl (C=O) groups excluding carboxylic acids is 2. The number of halogens is 1. The van der Waals surface area contributed by atoms with Gasteiger partial charge in [-0.15, -0.1) is 0 Å². The minimum absolute atomic E-state index is 0.0530. The lowest BCUT2D eigenvalue weighted by Gasteiger charge is -2.44. The summed E-state index contributed by atoms with van der Waals surface area (Å²) < 4.78 is 5.57. The minimum atomic E-state index is -1.23. The number of rotatable bonds is 8. The number of alkyl halides is 1. The zero-order valence-corrected chi connectivity index (χ0v) is 23.1. The van der Waals surface area contributed by atoms with Crippen LogP contribution in [0.5, 0.6) is 0 Å². The molecule has 0 aliphatic heterocycles. The van der Waals surface area contributed by atoms with E-state index < -0.39 is 5.60 Å². The molecule has 34 heavy (non-hydrogen) atoms. The van der Waals surface area contributed by atoms with E-state index in [4.69, 9.17) is 4.74 Å². The molecule has 0 radical (unpaired) electrons. The van der Waals surface area contributed by atoms with Crippen molar-refractivity contribution in [1.29, 1.82) is 0 Å². The van der Waals surface area contributed by atoms with Crippen LogP contribution in [0.25, 0.3) is 0 Å². The number of carbonyl (C=O) groups is 2. The lowest BCUT2D eigenvalue weighted by molar-refractivity contribution is -0.146. The number of hydrogen-bond donors (Lipinski definition) is 1. The molecule has 0 bridgehead atoms. The van der Waals surface area contributed by atoms with Crippen molar-refractivity contribution in [2.75, 3.05) is 5.33 Å². The molecule has 1 N–H and O–H groups in total. The zero-order valence-electron chi connectivity index (χ0n) is 21.5. The summed E-state index contributed by atoms with van der Waals surface area (Å²) in [5.41, 5.74) is 2.97. The van der Waals surface area contributed by atoms with Crippen molar-refractivity contribution in [2.45, 2.75) is 104 Å². The van der Waals surface area contributed by atoms with Crippen LogP contribution >= 0.6 is 15.9 Å². The van der Waals surface area contributed by atoms with Crippen LogP contribution in [0.3, 0.4) is 0 Å². The predicted molar refractivity (Wildman–Crippen MR) is 141 cm³/mol. The van der Waals surface area contributed by atoms with E-state index in [1.165, 1.54) is 31.3 Å². The molecule has 190 valence electrons.